The minimum Gasteiger partial charge on any atom is -0.493 e. The van der Waals surface area contributed by atoms with Crippen molar-refractivity contribution in [2.24, 2.45) is 0 Å². The van der Waals surface area contributed by atoms with Gasteiger partial charge in [0.05, 0.1) is 14.2 Å². The van der Waals surface area contributed by atoms with Crippen molar-refractivity contribution >= 4 is 26.0 Å². The highest BCUT2D eigenvalue weighted by molar-refractivity contribution is 9.10. The zero-order valence-corrected chi connectivity index (χ0v) is 15.0. The molecule has 0 amide bonds. The molecule has 1 aromatic rings. The Kier molecular flexibility index (Phi) is 6.92. The molecule has 0 aliphatic rings. The highest BCUT2D eigenvalue weighted by atomic mass is 79.9. The molecular weight excluding hydrogens is 360 g/mol. The number of hydrogen-bond donors (Lipinski definition) is 2. The molecule has 0 spiro atoms. The van der Waals surface area contributed by atoms with Gasteiger partial charge in [0.2, 0.25) is 10.0 Å². The number of nitrogens with one attached hydrogen (secondary N) is 2. The fourth-order valence-corrected chi connectivity index (χ4v) is 3.94. The average molecular weight is 381 g/mol. The van der Waals surface area contributed by atoms with Crippen LogP contribution < -0.4 is 19.5 Å². The Balaban J connectivity index is 3.02. The number of likely N-dealkylation sites (N-methyl/N-ethyl adjacent to an activating group) is 1. The number of benzene rings is 1. The van der Waals surface area contributed by atoms with E-state index < -0.39 is 10.0 Å². The third kappa shape index (κ3) is 4.84. The van der Waals surface area contributed by atoms with E-state index in [0.717, 1.165) is 6.54 Å². The van der Waals surface area contributed by atoms with Crippen LogP contribution in [0.3, 0.4) is 0 Å². The van der Waals surface area contributed by atoms with Gasteiger partial charge in [-0.3, -0.25) is 0 Å². The molecule has 0 bridgehead atoms. The maximum atomic E-state index is 12.4. The van der Waals surface area contributed by atoms with Gasteiger partial charge < -0.3 is 14.8 Å². The summed E-state index contributed by atoms with van der Waals surface area (Å²) in [6.45, 7) is 4.96. The number of hydrogen-bond acceptors (Lipinski definition) is 5. The van der Waals surface area contributed by atoms with Gasteiger partial charge in [0.1, 0.15) is 4.90 Å². The lowest BCUT2D eigenvalue weighted by molar-refractivity contribution is 0.353. The Hall–Kier alpha value is -0.830. The lowest BCUT2D eigenvalue weighted by Gasteiger charge is -2.15. The first-order valence-electron chi connectivity index (χ1n) is 6.50. The van der Waals surface area contributed by atoms with Crippen LogP contribution in [0.5, 0.6) is 11.5 Å². The van der Waals surface area contributed by atoms with Crippen molar-refractivity contribution in [2.45, 2.75) is 24.8 Å². The zero-order valence-electron chi connectivity index (χ0n) is 12.6. The van der Waals surface area contributed by atoms with Crippen LogP contribution in [0.4, 0.5) is 0 Å². The maximum Gasteiger partial charge on any atom is 0.241 e. The molecule has 1 aromatic carbocycles. The number of ether oxygens (including phenoxy) is 2. The summed E-state index contributed by atoms with van der Waals surface area (Å²) in [6.07, 6.45) is 0. The van der Waals surface area contributed by atoms with Crippen molar-refractivity contribution in [3.05, 3.63) is 16.6 Å². The molecule has 8 heteroatoms. The van der Waals surface area contributed by atoms with Crippen molar-refractivity contribution in [2.75, 3.05) is 27.3 Å². The third-order valence-corrected chi connectivity index (χ3v) is 5.24. The Morgan fingerprint density at radius 2 is 1.81 bits per heavy atom. The van der Waals surface area contributed by atoms with E-state index in [-0.39, 0.29) is 10.9 Å². The van der Waals surface area contributed by atoms with Crippen LogP contribution in [0.2, 0.25) is 0 Å². The van der Waals surface area contributed by atoms with Crippen LogP contribution in [0.1, 0.15) is 13.8 Å². The summed E-state index contributed by atoms with van der Waals surface area (Å²) in [4.78, 5) is 0.115. The topological polar surface area (TPSA) is 76.7 Å². The fraction of sp³-hybridized carbons (Fsp3) is 0.538. The molecule has 0 unspecified atom stereocenters. The standard InChI is InChI=1S/C13H21BrN2O4S/c1-5-15-9(2)8-16-21(17,18)13-7-12(20-4)11(19-3)6-10(13)14/h6-7,9,15-16H,5,8H2,1-4H3/t9-/m1/s1. The van der Waals surface area contributed by atoms with E-state index in [1.54, 1.807) is 6.07 Å². The third-order valence-electron chi connectivity index (χ3n) is 2.86. The van der Waals surface area contributed by atoms with Crippen LogP contribution >= 0.6 is 15.9 Å². The molecule has 6 nitrogen and oxygen atoms in total. The molecule has 0 radical (unpaired) electrons. The summed E-state index contributed by atoms with van der Waals surface area (Å²) in [5.74, 6) is 0.824. The Bertz CT molecular complexity index is 578. The van der Waals surface area contributed by atoms with Crippen LogP contribution in [0, 0.1) is 0 Å². The SMILES string of the molecule is CCN[C@H](C)CNS(=O)(=O)c1cc(OC)c(OC)cc1Br. The van der Waals surface area contributed by atoms with Gasteiger partial charge in [0.15, 0.2) is 11.5 Å². The van der Waals surface area contributed by atoms with E-state index in [1.807, 2.05) is 13.8 Å². The molecular formula is C13H21BrN2O4S. The number of methoxy groups -OCH3 is 2. The lowest BCUT2D eigenvalue weighted by atomic mass is 10.3. The van der Waals surface area contributed by atoms with Crippen molar-refractivity contribution in [1.29, 1.82) is 0 Å². The van der Waals surface area contributed by atoms with Crippen molar-refractivity contribution < 1.29 is 17.9 Å². The van der Waals surface area contributed by atoms with E-state index in [0.29, 0.717) is 22.5 Å². The zero-order chi connectivity index (χ0) is 16.0. The first-order chi connectivity index (χ1) is 9.85. The van der Waals surface area contributed by atoms with Gasteiger partial charge in [-0.1, -0.05) is 6.92 Å². The van der Waals surface area contributed by atoms with Crippen molar-refractivity contribution in [1.82, 2.24) is 10.0 Å². The Labute approximate surface area is 134 Å². The highest BCUT2D eigenvalue weighted by Gasteiger charge is 2.21. The summed E-state index contributed by atoms with van der Waals surface area (Å²) < 4.78 is 38.0. The Morgan fingerprint density at radius 1 is 1.24 bits per heavy atom. The van der Waals surface area contributed by atoms with Crippen LogP contribution in [-0.4, -0.2) is 41.8 Å². The van der Waals surface area contributed by atoms with E-state index in [1.165, 1.54) is 20.3 Å². The summed E-state index contributed by atoms with van der Waals surface area (Å²) in [6, 6.07) is 3.05. The molecule has 21 heavy (non-hydrogen) atoms. The highest BCUT2D eigenvalue weighted by Crippen LogP contribution is 2.35. The molecule has 0 heterocycles. The second kappa shape index (κ2) is 7.98. The average Bonchev–Trinajstić information content (AvgIpc) is 2.45. The lowest BCUT2D eigenvalue weighted by Crippen LogP contribution is -2.38. The van der Waals surface area contributed by atoms with E-state index in [9.17, 15) is 8.42 Å². The first-order valence-corrected chi connectivity index (χ1v) is 8.77. The molecule has 120 valence electrons. The molecule has 0 aliphatic heterocycles. The van der Waals surface area contributed by atoms with Crippen LogP contribution in [-0.2, 0) is 10.0 Å². The second-order valence-corrected chi connectivity index (χ2v) is 7.04. The van der Waals surface area contributed by atoms with Gasteiger partial charge in [-0.15, -0.1) is 0 Å². The Morgan fingerprint density at radius 3 is 2.33 bits per heavy atom. The molecule has 1 atom stereocenters. The smallest absolute Gasteiger partial charge is 0.241 e. The van der Waals surface area contributed by atoms with Gasteiger partial charge >= 0.3 is 0 Å². The first kappa shape index (κ1) is 18.2. The molecule has 0 fully saturated rings. The van der Waals surface area contributed by atoms with E-state index >= 15 is 0 Å². The van der Waals surface area contributed by atoms with Gasteiger partial charge in [0, 0.05) is 23.1 Å². The summed E-state index contributed by atoms with van der Waals surface area (Å²) in [7, 11) is -0.678. The maximum absolute atomic E-state index is 12.4. The predicted octanol–water partition coefficient (Wildman–Crippen LogP) is 1.74. The van der Waals surface area contributed by atoms with Gasteiger partial charge in [-0.2, -0.15) is 0 Å². The number of rotatable bonds is 8. The molecule has 1 rings (SSSR count). The molecule has 0 aliphatic carbocycles. The molecule has 2 N–H and O–H groups in total. The summed E-state index contributed by atoms with van der Waals surface area (Å²) >= 11 is 3.25. The van der Waals surface area contributed by atoms with Crippen molar-refractivity contribution in [3.63, 3.8) is 0 Å². The van der Waals surface area contributed by atoms with E-state index in [2.05, 4.69) is 26.0 Å². The van der Waals surface area contributed by atoms with E-state index in [4.69, 9.17) is 9.47 Å². The summed E-state index contributed by atoms with van der Waals surface area (Å²) in [5.41, 5.74) is 0. The quantitative estimate of drug-likeness (QED) is 0.718. The fourth-order valence-electron chi connectivity index (χ4n) is 1.77. The van der Waals surface area contributed by atoms with Gasteiger partial charge in [0.25, 0.3) is 0 Å². The van der Waals surface area contributed by atoms with Gasteiger partial charge in [-0.05, 0) is 35.5 Å². The van der Waals surface area contributed by atoms with Crippen LogP contribution in [0.15, 0.2) is 21.5 Å². The molecule has 0 aromatic heterocycles. The van der Waals surface area contributed by atoms with Crippen molar-refractivity contribution in [3.8, 4) is 11.5 Å². The van der Waals surface area contributed by atoms with Crippen LogP contribution in [0.25, 0.3) is 0 Å². The predicted molar refractivity (Wildman–Crippen MR) is 85.6 cm³/mol. The second-order valence-electron chi connectivity index (χ2n) is 4.45. The molecule has 0 saturated heterocycles. The summed E-state index contributed by atoms with van der Waals surface area (Å²) in [5, 5.41) is 3.14. The minimum absolute atomic E-state index is 0.0451. The van der Waals surface area contributed by atoms with Gasteiger partial charge in [-0.25, -0.2) is 13.1 Å². The number of sulfonamides is 1. The molecule has 0 saturated carbocycles. The largest absolute Gasteiger partial charge is 0.493 e. The number of halogens is 1. The normalized spacial score (nSPS) is 13.0. The monoisotopic (exact) mass is 380 g/mol. The minimum atomic E-state index is -3.63.